The first kappa shape index (κ1) is 14.6. The van der Waals surface area contributed by atoms with Crippen molar-refractivity contribution in [3.8, 4) is 0 Å². The van der Waals surface area contributed by atoms with Crippen molar-refractivity contribution in [1.29, 1.82) is 0 Å². The van der Waals surface area contributed by atoms with E-state index >= 15 is 0 Å². The van der Waals surface area contributed by atoms with Gasteiger partial charge >= 0.3 is 0 Å². The first-order valence-electron chi connectivity index (χ1n) is 6.16. The molecular weight excluding hydrogens is 234 g/mol. The molecule has 0 aromatic carbocycles. The van der Waals surface area contributed by atoms with Crippen LogP contribution in [0.1, 0.15) is 31.9 Å². The van der Waals surface area contributed by atoms with Crippen LogP contribution in [0.3, 0.4) is 0 Å². The maximum atomic E-state index is 9.40. The van der Waals surface area contributed by atoms with E-state index in [4.69, 9.17) is 4.42 Å². The molecule has 1 atom stereocenters. The second kappa shape index (κ2) is 7.80. The van der Waals surface area contributed by atoms with Gasteiger partial charge in [0.05, 0.1) is 18.6 Å². The van der Waals surface area contributed by atoms with Crippen molar-refractivity contribution in [2.45, 2.75) is 37.5 Å². The highest BCUT2D eigenvalue weighted by Gasteiger charge is 2.23. The number of nitrogens with one attached hydrogen (secondary N) is 1. The summed E-state index contributed by atoms with van der Waals surface area (Å²) in [6, 6.07) is 3.93. The summed E-state index contributed by atoms with van der Waals surface area (Å²) in [6.07, 6.45) is 4.80. The smallest absolute Gasteiger partial charge is 0.113 e. The molecule has 4 heteroatoms. The molecule has 2 N–H and O–H groups in total. The van der Waals surface area contributed by atoms with Gasteiger partial charge in [-0.2, -0.15) is 11.8 Å². The Balaban J connectivity index is 2.14. The van der Waals surface area contributed by atoms with Gasteiger partial charge in [0.2, 0.25) is 0 Å². The van der Waals surface area contributed by atoms with E-state index in [1.807, 2.05) is 30.9 Å². The fourth-order valence-electron chi connectivity index (χ4n) is 1.83. The second-order valence-corrected chi connectivity index (χ2v) is 5.38. The van der Waals surface area contributed by atoms with Crippen molar-refractivity contribution < 1.29 is 9.52 Å². The van der Waals surface area contributed by atoms with Crippen LogP contribution in [-0.2, 0) is 5.75 Å². The third-order valence-corrected chi connectivity index (χ3v) is 4.34. The van der Waals surface area contributed by atoms with Gasteiger partial charge in [0.25, 0.3) is 0 Å². The van der Waals surface area contributed by atoms with E-state index in [0.717, 1.165) is 36.5 Å². The minimum atomic E-state index is -0.0920. The van der Waals surface area contributed by atoms with Gasteiger partial charge in [-0.3, -0.25) is 0 Å². The lowest BCUT2D eigenvalue weighted by Crippen LogP contribution is -2.45. The van der Waals surface area contributed by atoms with Crippen LogP contribution in [0.5, 0.6) is 0 Å². The largest absolute Gasteiger partial charge is 0.468 e. The van der Waals surface area contributed by atoms with Crippen LogP contribution < -0.4 is 5.32 Å². The quantitative estimate of drug-likeness (QED) is 0.668. The summed E-state index contributed by atoms with van der Waals surface area (Å²) in [5.74, 6) is 3.07. The third kappa shape index (κ3) is 4.74. The molecule has 1 aromatic heterocycles. The van der Waals surface area contributed by atoms with Gasteiger partial charge in [-0.05, 0) is 44.2 Å². The Labute approximate surface area is 108 Å². The Kier molecular flexibility index (Phi) is 6.70. The molecule has 0 amide bonds. The summed E-state index contributed by atoms with van der Waals surface area (Å²) in [4.78, 5) is 0. The zero-order chi connectivity index (χ0) is 12.6. The summed E-state index contributed by atoms with van der Waals surface area (Å²) in [7, 11) is 1.93. The lowest BCUT2D eigenvalue weighted by molar-refractivity contribution is 0.154. The van der Waals surface area contributed by atoms with Gasteiger partial charge in [-0.1, -0.05) is 6.92 Å². The molecule has 0 bridgehead atoms. The average Bonchev–Trinajstić information content (AvgIpc) is 2.88. The molecular formula is C13H23NO2S. The molecule has 0 saturated heterocycles. The van der Waals surface area contributed by atoms with Gasteiger partial charge < -0.3 is 14.8 Å². The highest BCUT2D eigenvalue weighted by Crippen LogP contribution is 2.20. The first-order chi connectivity index (χ1) is 8.26. The van der Waals surface area contributed by atoms with Crippen molar-refractivity contribution in [3.05, 3.63) is 24.2 Å². The van der Waals surface area contributed by atoms with E-state index in [0.29, 0.717) is 0 Å². The standard InChI is InChI=1S/C13H23NO2S/c1-3-13(11-15,14-2)7-5-9-17-10-12-6-4-8-16-12/h4,6,8,14-15H,3,5,7,9-11H2,1-2H3. The number of aliphatic hydroxyl groups excluding tert-OH is 1. The molecule has 1 unspecified atom stereocenters. The number of furan rings is 1. The van der Waals surface area contributed by atoms with Gasteiger partial charge in [0.15, 0.2) is 0 Å². The van der Waals surface area contributed by atoms with E-state index in [1.54, 1.807) is 6.26 Å². The Morgan fingerprint density at radius 1 is 1.53 bits per heavy atom. The molecule has 0 saturated carbocycles. The van der Waals surface area contributed by atoms with Crippen LogP contribution in [0.15, 0.2) is 22.8 Å². The highest BCUT2D eigenvalue weighted by molar-refractivity contribution is 7.98. The maximum Gasteiger partial charge on any atom is 0.113 e. The predicted molar refractivity (Wildman–Crippen MR) is 73.3 cm³/mol. The van der Waals surface area contributed by atoms with E-state index in [9.17, 15) is 5.11 Å². The number of thioether (sulfide) groups is 1. The van der Waals surface area contributed by atoms with Crippen molar-refractivity contribution >= 4 is 11.8 Å². The molecule has 1 heterocycles. The van der Waals surface area contributed by atoms with Gasteiger partial charge in [-0.25, -0.2) is 0 Å². The SMILES string of the molecule is CCC(CO)(CCCSCc1ccco1)NC. The van der Waals surface area contributed by atoms with E-state index < -0.39 is 0 Å². The normalized spacial score (nSPS) is 14.8. The molecule has 3 nitrogen and oxygen atoms in total. The van der Waals surface area contributed by atoms with Crippen molar-refractivity contribution in [3.63, 3.8) is 0 Å². The molecule has 0 fully saturated rings. The molecule has 0 spiro atoms. The first-order valence-corrected chi connectivity index (χ1v) is 7.31. The summed E-state index contributed by atoms with van der Waals surface area (Å²) in [5.41, 5.74) is -0.0920. The Morgan fingerprint density at radius 3 is 2.88 bits per heavy atom. The summed E-state index contributed by atoms with van der Waals surface area (Å²) in [6.45, 7) is 2.32. The Morgan fingerprint density at radius 2 is 2.35 bits per heavy atom. The van der Waals surface area contributed by atoms with Gasteiger partial charge in [0, 0.05) is 5.54 Å². The summed E-state index contributed by atoms with van der Waals surface area (Å²) in [5, 5.41) is 12.6. The van der Waals surface area contributed by atoms with Crippen LogP contribution in [0.2, 0.25) is 0 Å². The van der Waals surface area contributed by atoms with Crippen molar-refractivity contribution in [1.82, 2.24) is 5.32 Å². The lowest BCUT2D eigenvalue weighted by Gasteiger charge is -2.30. The molecule has 17 heavy (non-hydrogen) atoms. The number of hydrogen-bond donors (Lipinski definition) is 2. The molecule has 1 rings (SSSR count). The highest BCUT2D eigenvalue weighted by atomic mass is 32.2. The number of aliphatic hydroxyl groups is 1. The maximum absolute atomic E-state index is 9.40. The number of rotatable bonds is 9. The van der Waals surface area contributed by atoms with Crippen LogP contribution >= 0.6 is 11.8 Å². The molecule has 0 aliphatic rings. The van der Waals surface area contributed by atoms with E-state index in [2.05, 4.69) is 12.2 Å². The monoisotopic (exact) mass is 257 g/mol. The fourth-order valence-corrected chi connectivity index (χ4v) is 2.69. The van der Waals surface area contributed by atoms with Crippen LogP contribution in [0.25, 0.3) is 0 Å². The average molecular weight is 257 g/mol. The van der Waals surface area contributed by atoms with Gasteiger partial charge in [-0.15, -0.1) is 0 Å². The second-order valence-electron chi connectivity index (χ2n) is 4.28. The lowest BCUT2D eigenvalue weighted by atomic mass is 9.92. The zero-order valence-electron chi connectivity index (χ0n) is 10.7. The summed E-state index contributed by atoms with van der Waals surface area (Å²) >= 11 is 1.88. The minimum absolute atomic E-state index is 0.0920. The summed E-state index contributed by atoms with van der Waals surface area (Å²) < 4.78 is 5.27. The molecule has 0 radical (unpaired) electrons. The Hall–Kier alpha value is -0.450. The molecule has 0 aliphatic carbocycles. The van der Waals surface area contributed by atoms with Gasteiger partial charge in [0.1, 0.15) is 5.76 Å². The Bertz CT molecular complexity index is 275. The number of likely N-dealkylation sites (N-methyl/N-ethyl adjacent to an activating group) is 1. The molecule has 0 aliphatic heterocycles. The van der Waals surface area contributed by atoms with Crippen LogP contribution in [0.4, 0.5) is 0 Å². The van der Waals surface area contributed by atoms with Crippen LogP contribution in [-0.4, -0.2) is 30.1 Å². The van der Waals surface area contributed by atoms with Crippen molar-refractivity contribution in [2.24, 2.45) is 0 Å². The van der Waals surface area contributed by atoms with E-state index in [-0.39, 0.29) is 12.1 Å². The zero-order valence-corrected chi connectivity index (χ0v) is 11.6. The topological polar surface area (TPSA) is 45.4 Å². The molecule has 98 valence electrons. The third-order valence-electron chi connectivity index (χ3n) is 3.28. The minimum Gasteiger partial charge on any atom is -0.468 e. The van der Waals surface area contributed by atoms with E-state index in [1.165, 1.54) is 0 Å². The molecule has 1 aromatic rings. The number of hydrogen-bond acceptors (Lipinski definition) is 4. The predicted octanol–water partition coefficient (Wildman–Crippen LogP) is 2.65. The van der Waals surface area contributed by atoms with Crippen LogP contribution in [0, 0.1) is 0 Å². The van der Waals surface area contributed by atoms with Crippen molar-refractivity contribution in [2.75, 3.05) is 19.4 Å². The fraction of sp³-hybridized carbons (Fsp3) is 0.692.